The maximum absolute atomic E-state index is 10.8. The summed E-state index contributed by atoms with van der Waals surface area (Å²) in [4.78, 5) is 15.1. The molecule has 4 N–H and O–H groups in total. The molecule has 0 radical (unpaired) electrons. The molecule has 5 nitrogen and oxygen atoms in total. The van der Waals surface area contributed by atoms with Crippen molar-refractivity contribution in [2.75, 3.05) is 5.32 Å². The minimum Gasteiger partial charge on any atom is -0.351 e. The quantitative estimate of drug-likeness (QED) is 0.789. The van der Waals surface area contributed by atoms with Gasteiger partial charge in [-0.3, -0.25) is 4.98 Å². The fourth-order valence-corrected chi connectivity index (χ4v) is 2.19. The second-order valence-electron chi connectivity index (χ2n) is 4.98. The number of carbonyl (C=O) groups excluding carboxylic acids is 1. The SMILES string of the molecule is CC(NC(C)c1ccccn1)c1ccc(NC(N)=O)cc1. The van der Waals surface area contributed by atoms with Crippen molar-refractivity contribution in [2.45, 2.75) is 25.9 Å². The summed E-state index contributed by atoms with van der Waals surface area (Å²) in [5.74, 6) is 0. The predicted octanol–water partition coefficient (Wildman–Crippen LogP) is 2.98. The lowest BCUT2D eigenvalue weighted by atomic mass is 10.1. The molecule has 1 aromatic heterocycles. The Kier molecular flexibility index (Phi) is 4.90. The summed E-state index contributed by atoms with van der Waals surface area (Å²) in [6.45, 7) is 4.18. The molecule has 2 unspecified atom stereocenters. The van der Waals surface area contributed by atoms with Gasteiger partial charge in [-0.15, -0.1) is 0 Å². The first-order valence-corrected chi connectivity index (χ1v) is 6.89. The molecule has 2 rings (SSSR count). The van der Waals surface area contributed by atoms with E-state index in [1.165, 1.54) is 0 Å². The van der Waals surface area contributed by atoms with Crippen LogP contribution in [0, 0.1) is 0 Å². The fourth-order valence-electron chi connectivity index (χ4n) is 2.19. The number of rotatable bonds is 5. The van der Waals surface area contributed by atoms with E-state index in [0.717, 1.165) is 11.3 Å². The predicted molar refractivity (Wildman–Crippen MR) is 83.9 cm³/mol. The van der Waals surface area contributed by atoms with Crippen LogP contribution in [0.1, 0.15) is 37.2 Å². The number of amides is 2. The molecule has 0 aliphatic heterocycles. The highest BCUT2D eigenvalue weighted by molar-refractivity contribution is 5.87. The Morgan fingerprint density at radius 1 is 1.10 bits per heavy atom. The van der Waals surface area contributed by atoms with Gasteiger partial charge in [0.25, 0.3) is 0 Å². The van der Waals surface area contributed by atoms with Gasteiger partial charge in [0.1, 0.15) is 0 Å². The zero-order valence-corrected chi connectivity index (χ0v) is 12.2. The molecule has 0 spiro atoms. The standard InChI is InChI=1S/C16H20N4O/c1-11(19-12(2)15-5-3-4-10-18-15)13-6-8-14(9-7-13)20-16(17)21/h3-12,19H,1-2H3,(H3,17,20,21). The molecule has 110 valence electrons. The number of aromatic nitrogens is 1. The summed E-state index contributed by atoms with van der Waals surface area (Å²) < 4.78 is 0. The van der Waals surface area contributed by atoms with E-state index in [1.807, 2.05) is 42.5 Å². The van der Waals surface area contributed by atoms with Gasteiger partial charge in [0.15, 0.2) is 0 Å². The second-order valence-corrected chi connectivity index (χ2v) is 4.98. The van der Waals surface area contributed by atoms with Crippen LogP contribution in [0.4, 0.5) is 10.5 Å². The van der Waals surface area contributed by atoms with Gasteiger partial charge in [0, 0.05) is 24.0 Å². The summed E-state index contributed by atoms with van der Waals surface area (Å²) >= 11 is 0. The molecule has 2 atom stereocenters. The molecular weight excluding hydrogens is 264 g/mol. The minimum absolute atomic E-state index is 0.157. The van der Waals surface area contributed by atoms with Crippen LogP contribution in [-0.2, 0) is 0 Å². The molecule has 0 saturated heterocycles. The third-order valence-electron chi connectivity index (χ3n) is 3.31. The Balaban J connectivity index is 2.00. The van der Waals surface area contributed by atoms with Gasteiger partial charge in [-0.2, -0.15) is 0 Å². The molecule has 2 aromatic rings. The average molecular weight is 284 g/mol. The van der Waals surface area contributed by atoms with E-state index in [0.29, 0.717) is 5.69 Å². The van der Waals surface area contributed by atoms with Gasteiger partial charge < -0.3 is 16.4 Å². The lowest BCUT2D eigenvalue weighted by Gasteiger charge is -2.20. The second kappa shape index (κ2) is 6.85. The zero-order chi connectivity index (χ0) is 15.2. The molecule has 0 saturated carbocycles. The monoisotopic (exact) mass is 284 g/mol. The Morgan fingerprint density at radius 3 is 2.38 bits per heavy atom. The Morgan fingerprint density at radius 2 is 1.81 bits per heavy atom. The molecule has 0 bridgehead atoms. The van der Waals surface area contributed by atoms with E-state index in [4.69, 9.17) is 5.73 Å². The highest BCUT2D eigenvalue weighted by atomic mass is 16.2. The van der Waals surface area contributed by atoms with E-state index in [2.05, 4.69) is 29.5 Å². The molecule has 0 aliphatic rings. The summed E-state index contributed by atoms with van der Waals surface area (Å²) in [5.41, 5.74) is 7.92. The summed E-state index contributed by atoms with van der Waals surface area (Å²) in [6.07, 6.45) is 1.79. The summed E-state index contributed by atoms with van der Waals surface area (Å²) in [5, 5.41) is 6.04. The van der Waals surface area contributed by atoms with Crippen molar-refractivity contribution in [3.05, 3.63) is 59.9 Å². The van der Waals surface area contributed by atoms with Crippen molar-refractivity contribution in [3.8, 4) is 0 Å². The molecule has 0 aliphatic carbocycles. The number of nitrogens with zero attached hydrogens (tertiary/aromatic N) is 1. The molecule has 5 heteroatoms. The van der Waals surface area contributed by atoms with Crippen molar-refractivity contribution < 1.29 is 4.79 Å². The topological polar surface area (TPSA) is 80.0 Å². The Bertz CT molecular complexity index is 583. The highest BCUT2D eigenvalue weighted by Crippen LogP contribution is 2.19. The van der Waals surface area contributed by atoms with Crippen LogP contribution in [0.3, 0.4) is 0 Å². The number of anilines is 1. The number of hydrogen-bond acceptors (Lipinski definition) is 3. The van der Waals surface area contributed by atoms with E-state index in [-0.39, 0.29) is 12.1 Å². The lowest BCUT2D eigenvalue weighted by Crippen LogP contribution is -2.23. The van der Waals surface area contributed by atoms with Crippen LogP contribution in [0.25, 0.3) is 0 Å². The van der Waals surface area contributed by atoms with Crippen molar-refractivity contribution >= 4 is 11.7 Å². The highest BCUT2D eigenvalue weighted by Gasteiger charge is 2.11. The summed E-state index contributed by atoms with van der Waals surface area (Å²) in [6, 6.07) is 13.3. The Labute approximate surface area is 124 Å². The maximum atomic E-state index is 10.8. The lowest BCUT2D eigenvalue weighted by molar-refractivity contribution is 0.259. The van der Waals surface area contributed by atoms with Crippen molar-refractivity contribution in [1.29, 1.82) is 0 Å². The van der Waals surface area contributed by atoms with Gasteiger partial charge in [-0.05, 0) is 43.7 Å². The van der Waals surface area contributed by atoms with E-state index in [1.54, 1.807) is 6.20 Å². The normalized spacial score (nSPS) is 13.4. The molecule has 21 heavy (non-hydrogen) atoms. The maximum Gasteiger partial charge on any atom is 0.316 e. The number of nitrogens with one attached hydrogen (secondary N) is 2. The van der Waals surface area contributed by atoms with Gasteiger partial charge in [-0.25, -0.2) is 4.79 Å². The van der Waals surface area contributed by atoms with Gasteiger partial charge in [0.05, 0.1) is 5.69 Å². The van der Waals surface area contributed by atoms with Crippen LogP contribution < -0.4 is 16.4 Å². The van der Waals surface area contributed by atoms with Crippen LogP contribution in [0.15, 0.2) is 48.7 Å². The first kappa shape index (κ1) is 15.0. The number of carbonyl (C=O) groups is 1. The summed E-state index contributed by atoms with van der Waals surface area (Å²) in [7, 11) is 0. The number of hydrogen-bond donors (Lipinski definition) is 3. The molecule has 0 fully saturated rings. The van der Waals surface area contributed by atoms with Crippen molar-refractivity contribution in [2.24, 2.45) is 5.73 Å². The zero-order valence-electron chi connectivity index (χ0n) is 12.2. The van der Waals surface area contributed by atoms with E-state index in [9.17, 15) is 4.79 Å². The third kappa shape index (κ3) is 4.29. The number of urea groups is 1. The average Bonchev–Trinajstić information content (AvgIpc) is 2.48. The van der Waals surface area contributed by atoms with Crippen molar-refractivity contribution in [1.82, 2.24) is 10.3 Å². The number of nitrogens with two attached hydrogens (primary N) is 1. The smallest absolute Gasteiger partial charge is 0.316 e. The molecule has 1 aromatic carbocycles. The number of pyridine rings is 1. The van der Waals surface area contributed by atoms with Gasteiger partial charge in [-0.1, -0.05) is 18.2 Å². The van der Waals surface area contributed by atoms with Crippen LogP contribution in [-0.4, -0.2) is 11.0 Å². The fraction of sp³-hybridized carbons (Fsp3) is 0.250. The van der Waals surface area contributed by atoms with Crippen molar-refractivity contribution in [3.63, 3.8) is 0 Å². The van der Waals surface area contributed by atoms with Crippen LogP contribution >= 0.6 is 0 Å². The molecule has 2 amide bonds. The van der Waals surface area contributed by atoms with Crippen LogP contribution in [0.2, 0.25) is 0 Å². The van der Waals surface area contributed by atoms with Gasteiger partial charge in [0.2, 0.25) is 0 Å². The first-order valence-electron chi connectivity index (χ1n) is 6.89. The Hall–Kier alpha value is -2.40. The first-order chi connectivity index (χ1) is 10.1. The molecule has 1 heterocycles. The van der Waals surface area contributed by atoms with E-state index >= 15 is 0 Å². The largest absolute Gasteiger partial charge is 0.351 e. The van der Waals surface area contributed by atoms with Gasteiger partial charge >= 0.3 is 6.03 Å². The molecular formula is C16H20N4O. The third-order valence-corrected chi connectivity index (χ3v) is 3.31. The van der Waals surface area contributed by atoms with E-state index < -0.39 is 6.03 Å². The minimum atomic E-state index is -0.558. The number of primary amides is 1. The number of benzene rings is 1. The van der Waals surface area contributed by atoms with Crippen LogP contribution in [0.5, 0.6) is 0 Å².